The van der Waals surface area contributed by atoms with Crippen LogP contribution in [0.4, 0.5) is 0 Å². The van der Waals surface area contributed by atoms with Crippen molar-refractivity contribution in [2.75, 3.05) is 12.4 Å². The molecule has 0 aliphatic rings. The zero-order valence-corrected chi connectivity index (χ0v) is 4.81. The molecule has 0 amide bonds. The first-order chi connectivity index (χ1) is 3.81. The lowest BCUT2D eigenvalue weighted by atomic mass is 10.5. The van der Waals surface area contributed by atoms with Crippen molar-refractivity contribution in [2.24, 2.45) is 4.99 Å². The average Bonchev–Trinajstić information content (AvgIpc) is 1.83. The van der Waals surface area contributed by atoms with Crippen LogP contribution >= 0.6 is 11.6 Å². The number of aliphatic imine (C=N–C) groups is 1. The minimum atomic E-state index is -0.269. The Kier molecular flexibility index (Phi) is 4.13. The SMILES string of the molecule is O=C=NCC(=O)CCl. The Hall–Kier alpha value is -0.660. The summed E-state index contributed by atoms with van der Waals surface area (Å²) < 4.78 is 0. The van der Waals surface area contributed by atoms with E-state index in [1.165, 1.54) is 6.08 Å². The lowest BCUT2D eigenvalue weighted by Crippen LogP contribution is -2.02. The number of nitrogens with zero attached hydrogens (tertiary/aromatic N) is 1. The molecule has 0 aliphatic carbocycles. The van der Waals surface area contributed by atoms with Gasteiger partial charge in [-0.1, -0.05) is 0 Å². The number of hydrogen-bond donors (Lipinski definition) is 0. The van der Waals surface area contributed by atoms with Crippen LogP contribution in [0.15, 0.2) is 4.99 Å². The van der Waals surface area contributed by atoms with Crippen LogP contribution in [-0.2, 0) is 9.59 Å². The summed E-state index contributed by atoms with van der Waals surface area (Å²) in [7, 11) is 0. The molecule has 0 aliphatic heterocycles. The zero-order chi connectivity index (χ0) is 6.41. The Labute approximate surface area is 51.4 Å². The third kappa shape index (κ3) is 3.53. The number of alkyl halides is 1. The van der Waals surface area contributed by atoms with Gasteiger partial charge in [-0.05, 0) is 0 Å². The smallest absolute Gasteiger partial charge is 0.235 e. The van der Waals surface area contributed by atoms with Crippen LogP contribution in [-0.4, -0.2) is 24.3 Å². The van der Waals surface area contributed by atoms with Crippen molar-refractivity contribution in [3.8, 4) is 0 Å². The molecule has 3 nitrogen and oxygen atoms in total. The Balaban J connectivity index is 3.39. The van der Waals surface area contributed by atoms with E-state index in [2.05, 4.69) is 4.99 Å². The van der Waals surface area contributed by atoms with E-state index >= 15 is 0 Å². The van der Waals surface area contributed by atoms with Gasteiger partial charge in [0.05, 0.1) is 5.88 Å². The summed E-state index contributed by atoms with van der Waals surface area (Å²) in [5, 5.41) is 0. The van der Waals surface area contributed by atoms with Crippen molar-refractivity contribution in [3.63, 3.8) is 0 Å². The van der Waals surface area contributed by atoms with E-state index in [4.69, 9.17) is 11.6 Å². The maximum absolute atomic E-state index is 10.2. The van der Waals surface area contributed by atoms with Crippen molar-refractivity contribution in [3.05, 3.63) is 0 Å². The Morgan fingerprint density at radius 1 is 1.75 bits per heavy atom. The van der Waals surface area contributed by atoms with Crippen molar-refractivity contribution in [1.29, 1.82) is 0 Å². The highest BCUT2D eigenvalue weighted by Crippen LogP contribution is 1.77. The fourth-order valence-corrected chi connectivity index (χ4v) is 0.247. The maximum atomic E-state index is 10.2. The molecule has 0 aromatic rings. The molecule has 0 bridgehead atoms. The summed E-state index contributed by atoms with van der Waals surface area (Å²) in [6.45, 7) is -0.146. The average molecular weight is 134 g/mol. The minimum absolute atomic E-state index is 0.0921. The van der Waals surface area contributed by atoms with Crippen LogP contribution in [0.5, 0.6) is 0 Å². The van der Waals surface area contributed by atoms with E-state index in [0.29, 0.717) is 0 Å². The predicted octanol–water partition coefficient (Wildman–Crippen LogP) is 0.130. The number of carbonyl (C=O) groups excluding carboxylic acids is 2. The van der Waals surface area contributed by atoms with Gasteiger partial charge in [-0.2, -0.15) is 4.99 Å². The normalized spacial score (nSPS) is 7.62. The maximum Gasteiger partial charge on any atom is 0.235 e. The third-order valence-corrected chi connectivity index (χ3v) is 0.767. The van der Waals surface area contributed by atoms with Crippen molar-refractivity contribution in [2.45, 2.75) is 0 Å². The Bertz CT molecular complexity index is 128. The van der Waals surface area contributed by atoms with Gasteiger partial charge in [-0.3, -0.25) is 4.79 Å². The van der Waals surface area contributed by atoms with E-state index in [1.807, 2.05) is 0 Å². The largest absolute Gasteiger partial charge is 0.296 e. The summed E-state index contributed by atoms with van der Waals surface area (Å²) >= 11 is 5.05. The lowest BCUT2D eigenvalue weighted by molar-refractivity contribution is -0.115. The fraction of sp³-hybridized carbons (Fsp3) is 0.500. The number of hydrogen-bond acceptors (Lipinski definition) is 3. The Morgan fingerprint density at radius 2 is 2.38 bits per heavy atom. The van der Waals surface area contributed by atoms with Gasteiger partial charge in [0.15, 0.2) is 5.78 Å². The van der Waals surface area contributed by atoms with Crippen molar-refractivity contribution < 1.29 is 9.59 Å². The summed E-state index contributed by atoms with van der Waals surface area (Å²) in [5.41, 5.74) is 0. The molecule has 0 unspecified atom stereocenters. The van der Waals surface area contributed by atoms with Gasteiger partial charge in [0.25, 0.3) is 0 Å². The summed E-state index contributed by atoms with van der Waals surface area (Å²) in [6.07, 6.45) is 1.23. The molecular weight excluding hydrogens is 130 g/mol. The Morgan fingerprint density at radius 3 is 2.75 bits per heavy atom. The summed E-state index contributed by atoms with van der Waals surface area (Å²) in [5.74, 6) is -0.361. The quantitative estimate of drug-likeness (QED) is 0.312. The summed E-state index contributed by atoms with van der Waals surface area (Å²) in [4.78, 5) is 22.5. The van der Waals surface area contributed by atoms with Gasteiger partial charge >= 0.3 is 0 Å². The summed E-state index contributed by atoms with van der Waals surface area (Å²) in [6, 6.07) is 0. The van der Waals surface area contributed by atoms with Crippen LogP contribution in [0.25, 0.3) is 0 Å². The van der Waals surface area contributed by atoms with Gasteiger partial charge in [0.1, 0.15) is 6.54 Å². The fourth-order valence-electron chi connectivity index (χ4n) is 0.163. The number of rotatable bonds is 3. The first-order valence-electron chi connectivity index (χ1n) is 1.92. The first kappa shape index (κ1) is 7.34. The lowest BCUT2D eigenvalue weighted by Gasteiger charge is -1.80. The molecule has 0 aromatic heterocycles. The van der Waals surface area contributed by atoms with Gasteiger partial charge in [0, 0.05) is 0 Å². The molecule has 0 heterocycles. The first-order valence-corrected chi connectivity index (χ1v) is 2.46. The molecule has 0 spiro atoms. The van der Waals surface area contributed by atoms with E-state index in [1.54, 1.807) is 0 Å². The predicted molar refractivity (Wildman–Crippen MR) is 28.7 cm³/mol. The number of isocyanates is 1. The standard InChI is InChI=1S/C4H4ClNO2/c5-1-4(8)2-6-3-7/h1-2H2. The van der Waals surface area contributed by atoms with Crippen molar-refractivity contribution in [1.82, 2.24) is 0 Å². The highest BCUT2D eigenvalue weighted by molar-refractivity contribution is 6.27. The monoisotopic (exact) mass is 133 g/mol. The van der Waals surface area contributed by atoms with E-state index in [9.17, 15) is 9.59 Å². The molecule has 0 fully saturated rings. The van der Waals surface area contributed by atoms with Gasteiger partial charge in [-0.25, -0.2) is 4.79 Å². The molecule has 0 rings (SSSR count). The van der Waals surface area contributed by atoms with Gasteiger partial charge in [-0.15, -0.1) is 11.6 Å². The van der Waals surface area contributed by atoms with Crippen molar-refractivity contribution >= 4 is 23.5 Å². The molecule has 44 valence electrons. The van der Waals surface area contributed by atoms with Gasteiger partial charge < -0.3 is 0 Å². The van der Waals surface area contributed by atoms with Crippen LogP contribution in [0, 0.1) is 0 Å². The minimum Gasteiger partial charge on any atom is -0.296 e. The third-order valence-electron chi connectivity index (χ3n) is 0.469. The second-order valence-corrected chi connectivity index (χ2v) is 1.35. The number of ketones is 1. The highest BCUT2D eigenvalue weighted by Gasteiger charge is 1.93. The van der Waals surface area contributed by atoms with E-state index in [0.717, 1.165) is 0 Å². The van der Waals surface area contributed by atoms with Crippen LogP contribution < -0.4 is 0 Å². The highest BCUT2D eigenvalue weighted by atomic mass is 35.5. The molecule has 8 heavy (non-hydrogen) atoms. The second-order valence-electron chi connectivity index (χ2n) is 1.08. The van der Waals surface area contributed by atoms with Crippen LogP contribution in [0.3, 0.4) is 0 Å². The molecular formula is C4H4ClNO2. The van der Waals surface area contributed by atoms with Crippen LogP contribution in [0.1, 0.15) is 0 Å². The second kappa shape index (κ2) is 4.50. The zero-order valence-electron chi connectivity index (χ0n) is 4.06. The number of halogens is 1. The van der Waals surface area contributed by atoms with Gasteiger partial charge in [0.2, 0.25) is 6.08 Å². The molecule has 0 atom stereocenters. The molecule has 0 saturated heterocycles. The number of Topliss-reactive ketones (excluding diaryl/α,β-unsaturated/α-hetero) is 1. The molecule has 0 N–H and O–H groups in total. The molecule has 0 saturated carbocycles. The number of carbonyl (C=O) groups is 1. The molecule has 0 aromatic carbocycles. The van der Waals surface area contributed by atoms with E-state index in [-0.39, 0.29) is 18.2 Å². The van der Waals surface area contributed by atoms with E-state index < -0.39 is 0 Å². The van der Waals surface area contributed by atoms with Crippen LogP contribution in [0.2, 0.25) is 0 Å². The molecule has 4 heteroatoms. The topological polar surface area (TPSA) is 46.5 Å². The molecule has 0 radical (unpaired) electrons.